The summed E-state index contributed by atoms with van der Waals surface area (Å²) in [5.74, 6) is 0.714. The second kappa shape index (κ2) is 25.8. The second-order valence-electron chi connectivity index (χ2n) is 22.3. The van der Waals surface area contributed by atoms with E-state index in [1.165, 1.54) is 21.5 Å². The smallest absolute Gasteiger partial charge is 0.423 e. The van der Waals surface area contributed by atoms with Gasteiger partial charge in [-0.25, -0.2) is 19.9 Å². The van der Waals surface area contributed by atoms with E-state index in [0.29, 0.717) is 27.1 Å². The lowest BCUT2D eigenvalue weighted by Crippen LogP contribution is -2.30. The zero-order chi connectivity index (χ0) is 62.5. The van der Waals surface area contributed by atoms with Crippen LogP contribution in [0.2, 0.25) is 0 Å². The molecule has 0 spiro atoms. The van der Waals surface area contributed by atoms with Crippen molar-refractivity contribution >= 4 is 93.4 Å². The molecule has 8 nitrogen and oxygen atoms in total. The fourth-order valence-corrected chi connectivity index (χ4v) is 12.4. The SMILES string of the molecule is Brc1nc(-c2ccc3ccccc3c2)c2ccccc2n1.N#Cc1ccc(-c2ccc(-c3ccc(-c4nc(-c5ccc6ccccc6c5)c5ccccc5n4)c4ccccc34)cc2)cc1.N#Cc1ccc(-c2ccc(-c3ccc(B(O)O)c4ccccc34)cc2)cc1. The summed E-state index contributed by atoms with van der Waals surface area (Å²) in [6.45, 7) is 0. The summed E-state index contributed by atoms with van der Waals surface area (Å²) in [7, 11) is -1.50. The van der Waals surface area contributed by atoms with E-state index in [9.17, 15) is 10.0 Å². The van der Waals surface area contributed by atoms with Gasteiger partial charge in [0.25, 0.3) is 0 Å². The highest BCUT2D eigenvalue weighted by molar-refractivity contribution is 9.10. The molecule has 0 aliphatic carbocycles. The van der Waals surface area contributed by atoms with Crippen molar-refractivity contribution in [2.45, 2.75) is 0 Å². The van der Waals surface area contributed by atoms with Crippen LogP contribution in [0.1, 0.15) is 11.1 Å². The molecule has 0 amide bonds. The van der Waals surface area contributed by atoms with Crippen LogP contribution in [0.25, 0.3) is 143 Å². The molecule has 0 aliphatic heterocycles. The maximum atomic E-state index is 9.62. The number of aromatic nitrogens is 4. The van der Waals surface area contributed by atoms with E-state index in [-0.39, 0.29) is 0 Å². The van der Waals surface area contributed by atoms with E-state index in [4.69, 9.17) is 20.5 Å². The number of fused-ring (bicyclic) bond motifs is 6. The number of nitriles is 2. The molecule has 2 aromatic heterocycles. The number of para-hydroxylation sites is 2. The van der Waals surface area contributed by atoms with Gasteiger partial charge in [-0.15, -0.1) is 0 Å². The molecular formula is C82H52BBrN6O2. The minimum absolute atomic E-state index is 0.503. The van der Waals surface area contributed by atoms with Crippen molar-refractivity contribution in [2.24, 2.45) is 0 Å². The van der Waals surface area contributed by atoms with Gasteiger partial charge >= 0.3 is 7.12 Å². The molecule has 0 unspecified atom stereocenters. The number of nitrogens with zero attached hydrogens (tertiary/aromatic N) is 6. The topological polar surface area (TPSA) is 140 Å². The molecule has 0 saturated heterocycles. The Morgan fingerprint density at radius 1 is 0.293 bits per heavy atom. The fourth-order valence-electron chi connectivity index (χ4n) is 12.1. The van der Waals surface area contributed by atoms with Crippen molar-refractivity contribution in [2.75, 3.05) is 0 Å². The first-order valence-electron chi connectivity index (χ1n) is 30.0. The van der Waals surface area contributed by atoms with Crippen LogP contribution >= 0.6 is 15.9 Å². The predicted octanol–water partition coefficient (Wildman–Crippen LogP) is 19.4. The number of hydrogen-bond acceptors (Lipinski definition) is 8. The first-order chi connectivity index (χ1) is 45.2. The molecule has 92 heavy (non-hydrogen) atoms. The highest BCUT2D eigenvalue weighted by Gasteiger charge is 2.19. The summed E-state index contributed by atoms with van der Waals surface area (Å²) in [6, 6.07) is 107. The lowest BCUT2D eigenvalue weighted by atomic mass is 9.76. The summed E-state index contributed by atoms with van der Waals surface area (Å²) < 4.78 is 0.615. The Bertz CT molecular complexity index is 5540. The van der Waals surface area contributed by atoms with Crippen molar-refractivity contribution in [3.63, 3.8) is 0 Å². The quantitative estimate of drug-likeness (QED) is 0.113. The molecule has 0 atom stereocenters. The Morgan fingerprint density at radius 3 is 1.12 bits per heavy atom. The van der Waals surface area contributed by atoms with Gasteiger partial charge in [-0.2, -0.15) is 10.5 Å². The van der Waals surface area contributed by atoms with Crippen LogP contribution in [0.3, 0.4) is 0 Å². The van der Waals surface area contributed by atoms with Crippen molar-refractivity contribution in [3.8, 4) is 90.5 Å². The zero-order valence-electron chi connectivity index (χ0n) is 49.4. The van der Waals surface area contributed by atoms with Gasteiger partial charge in [0.1, 0.15) is 0 Å². The fraction of sp³-hybridized carbons (Fsp3) is 0. The summed E-state index contributed by atoms with van der Waals surface area (Å²) in [6.07, 6.45) is 0. The minimum Gasteiger partial charge on any atom is -0.423 e. The van der Waals surface area contributed by atoms with E-state index in [1.54, 1.807) is 6.07 Å². The Labute approximate surface area is 540 Å². The van der Waals surface area contributed by atoms with E-state index in [0.717, 1.165) is 116 Å². The molecule has 0 saturated carbocycles. The monoisotopic (exact) mass is 1240 g/mol. The molecule has 16 rings (SSSR count). The Balaban J connectivity index is 0.000000130. The third-order valence-electron chi connectivity index (χ3n) is 16.7. The highest BCUT2D eigenvalue weighted by atomic mass is 79.9. The summed E-state index contributed by atoms with van der Waals surface area (Å²) in [5.41, 5.74) is 17.5. The zero-order valence-corrected chi connectivity index (χ0v) is 51.0. The number of rotatable bonds is 8. The molecule has 2 heterocycles. The van der Waals surface area contributed by atoms with Crippen LogP contribution in [-0.4, -0.2) is 37.1 Å². The molecule has 10 heteroatoms. The van der Waals surface area contributed by atoms with Crippen LogP contribution in [0.4, 0.5) is 0 Å². The largest absolute Gasteiger partial charge is 0.489 e. The third kappa shape index (κ3) is 11.9. The Hall–Kier alpha value is -11.8. The highest BCUT2D eigenvalue weighted by Crippen LogP contribution is 2.39. The van der Waals surface area contributed by atoms with Gasteiger partial charge in [0.2, 0.25) is 0 Å². The van der Waals surface area contributed by atoms with Crippen molar-refractivity contribution in [3.05, 3.63) is 319 Å². The molecule has 0 bridgehead atoms. The van der Waals surface area contributed by atoms with Gasteiger partial charge in [-0.05, 0) is 164 Å². The third-order valence-corrected chi connectivity index (χ3v) is 17.1. The van der Waals surface area contributed by atoms with Crippen molar-refractivity contribution in [1.29, 1.82) is 10.5 Å². The maximum absolute atomic E-state index is 9.62. The summed E-state index contributed by atoms with van der Waals surface area (Å²) >= 11 is 3.41. The molecule has 432 valence electrons. The first kappa shape index (κ1) is 58.0. The molecule has 0 fully saturated rings. The molecule has 16 aromatic rings. The lowest BCUT2D eigenvalue weighted by Gasteiger charge is -2.14. The van der Waals surface area contributed by atoms with Crippen molar-refractivity contribution < 1.29 is 10.0 Å². The Kier molecular flexibility index (Phi) is 16.2. The molecular weight excluding hydrogens is 1190 g/mol. The second-order valence-corrected chi connectivity index (χ2v) is 23.0. The van der Waals surface area contributed by atoms with Gasteiger partial charge in [0.05, 0.1) is 45.7 Å². The van der Waals surface area contributed by atoms with E-state index < -0.39 is 7.12 Å². The van der Waals surface area contributed by atoms with Crippen molar-refractivity contribution in [1.82, 2.24) is 19.9 Å². The van der Waals surface area contributed by atoms with Gasteiger partial charge < -0.3 is 10.0 Å². The molecule has 14 aromatic carbocycles. The summed E-state index contributed by atoms with van der Waals surface area (Å²) in [4.78, 5) is 19.3. The minimum atomic E-state index is -1.50. The molecule has 2 N–H and O–H groups in total. The van der Waals surface area contributed by atoms with Crippen LogP contribution < -0.4 is 5.46 Å². The number of benzene rings is 14. The van der Waals surface area contributed by atoms with Gasteiger partial charge in [0.15, 0.2) is 10.6 Å². The average molecular weight is 1240 g/mol. The van der Waals surface area contributed by atoms with Gasteiger partial charge in [-0.1, -0.05) is 249 Å². The van der Waals surface area contributed by atoms with E-state index in [2.05, 4.69) is 226 Å². The number of hydrogen-bond donors (Lipinski definition) is 2. The van der Waals surface area contributed by atoms with Crippen LogP contribution in [0.15, 0.2) is 308 Å². The standard InChI is InChI=1S/C41H25N3.C23H16BNO2.C18H11BrN2/c42-26-27-13-15-29(16-14-27)30-17-20-31(21-18-30)34-23-24-37(36-10-4-3-9-35(34)36)41-43-39-12-6-5-11-38(39)40(44-41)33-22-19-28-7-1-2-8-32(28)25-33;25-15-16-5-7-17(8-6-16)18-9-11-19(12-10-18)20-13-14-23(24(26)27)22-4-2-1-3-21(20)22;19-18-20-16-8-4-3-7-15(16)17(21-18)14-10-9-12-5-1-2-6-13(12)11-14/h1-25H;1-14,26-27H;1-11H. The molecule has 0 radical (unpaired) electrons. The summed E-state index contributed by atoms with van der Waals surface area (Å²) in [5, 5.41) is 48.3. The predicted molar refractivity (Wildman–Crippen MR) is 381 cm³/mol. The van der Waals surface area contributed by atoms with Crippen LogP contribution in [-0.2, 0) is 0 Å². The Morgan fingerprint density at radius 2 is 0.641 bits per heavy atom. The van der Waals surface area contributed by atoms with E-state index >= 15 is 0 Å². The van der Waals surface area contributed by atoms with Crippen LogP contribution in [0, 0.1) is 22.7 Å². The normalized spacial score (nSPS) is 11.0. The van der Waals surface area contributed by atoms with Gasteiger partial charge in [-0.3, -0.25) is 0 Å². The van der Waals surface area contributed by atoms with Crippen LogP contribution in [0.5, 0.6) is 0 Å². The molecule has 0 aliphatic rings. The maximum Gasteiger partial charge on any atom is 0.489 e. The average Bonchev–Trinajstić information content (AvgIpc) is 0.822. The lowest BCUT2D eigenvalue weighted by molar-refractivity contribution is 0.426. The van der Waals surface area contributed by atoms with E-state index in [1.807, 2.05) is 109 Å². The number of halogens is 1. The first-order valence-corrected chi connectivity index (χ1v) is 30.8. The van der Waals surface area contributed by atoms with Gasteiger partial charge in [0, 0.05) is 27.5 Å².